The van der Waals surface area contributed by atoms with Crippen LogP contribution >= 0.6 is 0 Å². The van der Waals surface area contributed by atoms with Gasteiger partial charge in [-0.2, -0.15) is 0 Å². The molecule has 2 rings (SSSR count). The monoisotopic (exact) mass is 303 g/mol. The van der Waals surface area contributed by atoms with Crippen LogP contribution in [-0.4, -0.2) is 23.7 Å². The molecule has 4 nitrogen and oxygen atoms in total. The van der Waals surface area contributed by atoms with Crippen molar-refractivity contribution < 1.29 is 14.6 Å². The Kier molecular flexibility index (Phi) is 5.61. The number of benzene rings is 1. The quantitative estimate of drug-likeness (QED) is 0.761. The molecule has 1 aliphatic rings. The molecule has 0 spiro atoms. The first kappa shape index (κ1) is 16.6. The van der Waals surface area contributed by atoms with E-state index in [2.05, 4.69) is 5.32 Å². The first-order chi connectivity index (χ1) is 10.5. The highest BCUT2D eigenvalue weighted by Gasteiger charge is 2.23. The van der Waals surface area contributed by atoms with Crippen molar-refractivity contribution in [2.75, 3.05) is 6.54 Å². The average molecular weight is 303 g/mol. The molecular formula is C18H25NO3. The Morgan fingerprint density at radius 3 is 2.82 bits per heavy atom. The third kappa shape index (κ3) is 5.19. The SMILES string of the molecule is C/C(=C/C(=O)NCC(O)c1cccc(OC(C)C)c1)C1CC1. The molecule has 1 saturated carbocycles. The number of nitrogens with one attached hydrogen (secondary N) is 1. The molecule has 1 amide bonds. The summed E-state index contributed by atoms with van der Waals surface area (Å²) in [6.07, 6.45) is 3.35. The van der Waals surface area contributed by atoms with Gasteiger partial charge in [-0.3, -0.25) is 4.79 Å². The van der Waals surface area contributed by atoms with E-state index in [0.29, 0.717) is 5.92 Å². The van der Waals surface area contributed by atoms with Crippen molar-refractivity contribution in [2.45, 2.75) is 45.8 Å². The number of carbonyl (C=O) groups excluding carboxylic acids is 1. The van der Waals surface area contributed by atoms with E-state index < -0.39 is 6.10 Å². The van der Waals surface area contributed by atoms with E-state index in [1.54, 1.807) is 6.08 Å². The number of allylic oxidation sites excluding steroid dienone is 1. The summed E-state index contributed by atoms with van der Waals surface area (Å²) in [6, 6.07) is 7.34. The maximum atomic E-state index is 11.8. The van der Waals surface area contributed by atoms with Crippen molar-refractivity contribution in [1.29, 1.82) is 0 Å². The summed E-state index contributed by atoms with van der Waals surface area (Å²) in [4.78, 5) is 11.8. The van der Waals surface area contributed by atoms with Gasteiger partial charge in [-0.05, 0) is 57.2 Å². The summed E-state index contributed by atoms with van der Waals surface area (Å²) in [5.41, 5.74) is 1.86. The smallest absolute Gasteiger partial charge is 0.244 e. The van der Waals surface area contributed by atoms with Crippen LogP contribution in [0.4, 0.5) is 0 Å². The number of aliphatic hydroxyl groups is 1. The highest BCUT2D eigenvalue weighted by molar-refractivity contribution is 5.88. The number of hydrogen-bond donors (Lipinski definition) is 2. The molecular weight excluding hydrogens is 278 g/mol. The van der Waals surface area contributed by atoms with Crippen LogP contribution in [0.1, 0.15) is 45.3 Å². The number of amides is 1. The van der Waals surface area contributed by atoms with Crippen molar-refractivity contribution in [1.82, 2.24) is 5.32 Å². The summed E-state index contributed by atoms with van der Waals surface area (Å²) in [7, 11) is 0. The zero-order valence-corrected chi connectivity index (χ0v) is 13.5. The normalized spacial score (nSPS) is 16.5. The molecule has 1 atom stereocenters. The molecule has 0 aromatic heterocycles. The lowest BCUT2D eigenvalue weighted by Crippen LogP contribution is -2.27. The minimum Gasteiger partial charge on any atom is -0.491 e. The fourth-order valence-corrected chi connectivity index (χ4v) is 2.30. The van der Waals surface area contributed by atoms with Gasteiger partial charge in [-0.25, -0.2) is 0 Å². The van der Waals surface area contributed by atoms with Crippen molar-refractivity contribution in [2.24, 2.45) is 5.92 Å². The summed E-state index contributed by atoms with van der Waals surface area (Å²) in [6.45, 7) is 6.09. The number of aliphatic hydroxyl groups excluding tert-OH is 1. The van der Waals surface area contributed by atoms with E-state index in [4.69, 9.17) is 4.74 Å². The number of carbonyl (C=O) groups is 1. The highest BCUT2D eigenvalue weighted by atomic mass is 16.5. The maximum Gasteiger partial charge on any atom is 0.244 e. The lowest BCUT2D eigenvalue weighted by atomic mass is 10.1. The van der Waals surface area contributed by atoms with Crippen LogP contribution in [0, 0.1) is 5.92 Å². The molecule has 120 valence electrons. The van der Waals surface area contributed by atoms with Gasteiger partial charge in [0.05, 0.1) is 12.2 Å². The Bertz CT molecular complexity index is 547. The summed E-state index contributed by atoms with van der Waals surface area (Å²) in [5, 5.41) is 12.9. The number of rotatable bonds is 7. The average Bonchev–Trinajstić information content (AvgIpc) is 3.29. The molecule has 1 aromatic rings. The second-order valence-electron chi connectivity index (χ2n) is 6.16. The van der Waals surface area contributed by atoms with Gasteiger partial charge in [0, 0.05) is 12.6 Å². The fraction of sp³-hybridized carbons (Fsp3) is 0.500. The van der Waals surface area contributed by atoms with Gasteiger partial charge >= 0.3 is 0 Å². The van der Waals surface area contributed by atoms with Gasteiger partial charge in [0.1, 0.15) is 5.75 Å². The number of ether oxygens (including phenoxy) is 1. The van der Waals surface area contributed by atoms with Crippen LogP contribution in [0.3, 0.4) is 0 Å². The van der Waals surface area contributed by atoms with Crippen LogP contribution in [0.25, 0.3) is 0 Å². The molecule has 1 aliphatic carbocycles. The van der Waals surface area contributed by atoms with Crippen LogP contribution in [-0.2, 0) is 4.79 Å². The van der Waals surface area contributed by atoms with Crippen LogP contribution in [0.2, 0.25) is 0 Å². The van der Waals surface area contributed by atoms with Crippen molar-refractivity contribution in [3.8, 4) is 5.75 Å². The predicted molar refractivity (Wildman–Crippen MR) is 86.7 cm³/mol. The Morgan fingerprint density at radius 2 is 2.18 bits per heavy atom. The molecule has 1 unspecified atom stereocenters. The van der Waals surface area contributed by atoms with Gasteiger partial charge in [0.25, 0.3) is 0 Å². The third-order valence-corrected chi connectivity index (χ3v) is 3.66. The molecule has 0 bridgehead atoms. The largest absolute Gasteiger partial charge is 0.491 e. The second kappa shape index (κ2) is 7.45. The second-order valence-corrected chi connectivity index (χ2v) is 6.16. The van der Waals surface area contributed by atoms with Gasteiger partial charge in [0.15, 0.2) is 0 Å². The zero-order valence-electron chi connectivity index (χ0n) is 13.5. The molecule has 0 saturated heterocycles. The lowest BCUT2D eigenvalue weighted by molar-refractivity contribution is -0.117. The summed E-state index contributed by atoms with van der Waals surface area (Å²) in [5.74, 6) is 1.17. The molecule has 1 fully saturated rings. The van der Waals surface area contributed by atoms with Gasteiger partial charge < -0.3 is 15.2 Å². The predicted octanol–water partition coefficient (Wildman–Crippen LogP) is 2.98. The first-order valence-corrected chi connectivity index (χ1v) is 7.86. The minimum atomic E-state index is -0.741. The highest BCUT2D eigenvalue weighted by Crippen LogP contribution is 2.35. The molecule has 1 aromatic carbocycles. The van der Waals surface area contributed by atoms with E-state index in [-0.39, 0.29) is 18.6 Å². The summed E-state index contributed by atoms with van der Waals surface area (Å²) >= 11 is 0. The Hall–Kier alpha value is -1.81. The molecule has 4 heteroatoms. The molecule has 0 radical (unpaired) electrons. The number of hydrogen-bond acceptors (Lipinski definition) is 3. The molecule has 0 aliphatic heterocycles. The maximum absolute atomic E-state index is 11.8. The van der Waals surface area contributed by atoms with E-state index in [9.17, 15) is 9.90 Å². The van der Waals surface area contributed by atoms with Crippen molar-refractivity contribution >= 4 is 5.91 Å². The van der Waals surface area contributed by atoms with E-state index >= 15 is 0 Å². The van der Waals surface area contributed by atoms with Crippen molar-refractivity contribution in [3.05, 3.63) is 41.5 Å². The fourth-order valence-electron chi connectivity index (χ4n) is 2.30. The zero-order chi connectivity index (χ0) is 16.1. The lowest BCUT2D eigenvalue weighted by Gasteiger charge is -2.14. The van der Waals surface area contributed by atoms with Crippen molar-refractivity contribution in [3.63, 3.8) is 0 Å². The Morgan fingerprint density at radius 1 is 1.45 bits per heavy atom. The first-order valence-electron chi connectivity index (χ1n) is 7.86. The van der Waals surface area contributed by atoms with Gasteiger partial charge in [-0.1, -0.05) is 17.7 Å². The van der Waals surface area contributed by atoms with E-state index in [0.717, 1.165) is 16.9 Å². The van der Waals surface area contributed by atoms with E-state index in [1.165, 1.54) is 12.8 Å². The van der Waals surface area contributed by atoms with E-state index in [1.807, 2.05) is 45.0 Å². The third-order valence-electron chi connectivity index (χ3n) is 3.66. The standard InChI is InChI=1S/C18H25NO3/c1-12(2)22-16-6-4-5-15(10-16)17(20)11-19-18(21)9-13(3)14-7-8-14/h4-6,9-10,12,14,17,20H,7-8,11H2,1-3H3,(H,19,21)/b13-9-. The Labute approximate surface area is 132 Å². The molecule has 22 heavy (non-hydrogen) atoms. The van der Waals surface area contributed by atoms with Crippen LogP contribution in [0.15, 0.2) is 35.9 Å². The topological polar surface area (TPSA) is 58.6 Å². The molecule has 2 N–H and O–H groups in total. The molecule has 0 heterocycles. The minimum absolute atomic E-state index is 0.0858. The Balaban J connectivity index is 1.87. The van der Waals surface area contributed by atoms with Crippen LogP contribution < -0.4 is 10.1 Å². The van der Waals surface area contributed by atoms with Gasteiger partial charge in [-0.15, -0.1) is 0 Å². The van der Waals surface area contributed by atoms with Crippen LogP contribution in [0.5, 0.6) is 5.75 Å². The summed E-state index contributed by atoms with van der Waals surface area (Å²) < 4.78 is 5.61. The van der Waals surface area contributed by atoms with Gasteiger partial charge in [0.2, 0.25) is 5.91 Å².